The molecule has 1 heterocycles. The summed E-state index contributed by atoms with van der Waals surface area (Å²) in [7, 11) is 0. The molecule has 144 valence electrons. The zero-order valence-electron chi connectivity index (χ0n) is 13.9. The third-order valence-corrected chi connectivity index (χ3v) is 4.12. The first-order valence-electron chi connectivity index (χ1n) is 7.80. The smallest absolute Gasteiger partial charge is 0.416 e. The van der Waals surface area contributed by atoms with Gasteiger partial charge in [-0.15, -0.1) is 0 Å². The Kier molecular flexibility index (Phi) is 5.76. The van der Waals surface area contributed by atoms with Gasteiger partial charge in [0, 0.05) is 11.2 Å². The summed E-state index contributed by atoms with van der Waals surface area (Å²) in [5.41, 5.74) is -0.546. The molecule has 3 aromatic rings. The number of benzene rings is 2. The molecular weight excluding hydrogens is 416 g/mol. The zero-order valence-corrected chi connectivity index (χ0v) is 15.4. The van der Waals surface area contributed by atoms with Crippen molar-refractivity contribution < 1.29 is 22.7 Å². The first-order chi connectivity index (χ1) is 13.2. The van der Waals surface area contributed by atoms with Crippen molar-refractivity contribution in [2.75, 3.05) is 5.32 Å². The van der Waals surface area contributed by atoms with Gasteiger partial charge >= 0.3 is 6.18 Å². The molecule has 0 saturated carbocycles. The second kappa shape index (κ2) is 8.08. The fourth-order valence-electron chi connectivity index (χ4n) is 2.27. The van der Waals surface area contributed by atoms with Gasteiger partial charge < -0.3 is 10.1 Å². The van der Waals surface area contributed by atoms with Crippen molar-refractivity contribution in [3.63, 3.8) is 0 Å². The lowest BCUT2D eigenvalue weighted by Gasteiger charge is -2.12. The third-order valence-electron chi connectivity index (χ3n) is 3.57. The molecule has 0 saturated heterocycles. The van der Waals surface area contributed by atoms with E-state index in [1.165, 1.54) is 42.6 Å². The van der Waals surface area contributed by atoms with Crippen LogP contribution in [-0.2, 0) is 6.18 Å². The molecule has 0 fully saturated rings. The second-order valence-electron chi connectivity index (χ2n) is 5.56. The third kappa shape index (κ3) is 4.74. The van der Waals surface area contributed by atoms with E-state index in [0.29, 0.717) is 10.7 Å². The van der Waals surface area contributed by atoms with Crippen LogP contribution in [0.3, 0.4) is 0 Å². The Labute approximate surface area is 167 Å². The van der Waals surface area contributed by atoms with Gasteiger partial charge in [-0.2, -0.15) is 13.2 Å². The Morgan fingerprint density at radius 3 is 2.54 bits per heavy atom. The number of hydrogen-bond donors (Lipinski definition) is 1. The van der Waals surface area contributed by atoms with E-state index in [0.717, 1.165) is 12.1 Å². The van der Waals surface area contributed by atoms with Crippen molar-refractivity contribution in [3.8, 4) is 11.6 Å². The molecule has 0 aliphatic carbocycles. The van der Waals surface area contributed by atoms with E-state index >= 15 is 0 Å². The molecule has 0 spiro atoms. The number of hydrogen-bond acceptors (Lipinski definition) is 3. The molecule has 4 nitrogen and oxygen atoms in total. The largest absolute Gasteiger partial charge is 0.438 e. The van der Waals surface area contributed by atoms with Gasteiger partial charge in [0.15, 0.2) is 0 Å². The van der Waals surface area contributed by atoms with E-state index < -0.39 is 17.6 Å². The summed E-state index contributed by atoms with van der Waals surface area (Å²) in [5.74, 6) is -0.851. The van der Waals surface area contributed by atoms with Crippen molar-refractivity contribution in [2.45, 2.75) is 6.18 Å². The molecule has 1 aromatic heterocycles. The van der Waals surface area contributed by atoms with Crippen LogP contribution in [0.25, 0.3) is 0 Å². The van der Waals surface area contributed by atoms with Crippen molar-refractivity contribution in [2.24, 2.45) is 0 Å². The van der Waals surface area contributed by atoms with Gasteiger partial charge in [0.05, 0.1) is 16.3 Å². The highest BCUT2D eigenvalue weighted by Crippen LogP contribution is 2.33. The summed E-state index contributed by atoms with van der Waals surface area (Å²) in [6, 6.07) is 11.7. The van der Waals surface area contributed by atoms with Gasteiger partial charge in [-0.1, -0.05) is 29.3 Å². The molecule has 0 aliphatic rings. The van der Waals surface area contributed by atoms with Crippen molar-refractivity contribution in [1.82, 2.24) is 4.98 Å². The van der Waals surface area contributed by atoms with Crippen LogP contribution in [0, 0.1) is 0 Å². The van der Waals surface area contributed by atoms with Crippen molar-refractivity contribution in [1.29, 1.82) is 0 Å². The van der Waals surface area contributed by atoms with E-state index in [9.17, 15) is 18.0 Å². The first-order valence-corrected chi connectivity index (χ1v) is 8.56. The fraction of sp³-hybridized carbons (Fsp3) is 0.0526. The average Bonchev–Trinajstić information content (AvgIpc) is 2.64. The quantitative estimate of drug-likeness (QED) is 0.521. The summed E-state index contributed by atoms with van der Waals surface area (Å²) in [4.78, 5) is 16.5. The van der Waals surface area contributed by atoms with E-state index in [2.05, 4.69) is 10.3 Å². The Hall–Kier alpha value is -2.77. The van der Waals surface area contributed by atoms with Gasteiger partial charge in [-0.3, -0.25) is 4.79 Å². The average molecular weight is 427 g/mol. The van der Waals surface area contributed by atoms with Crippen LogP contribution in [0.4, 0.5) is 18.9 Å². The molecule has 0 bridgehead atoms. The zero-order chi connectivity index (χ0) is 20.3. The highest BCUT2D eigenvalue weighted by Gasteiger charge is 2.30. The summed E-state index contributed by atoms with van der Waals surface area (Å²) in [5, 5.41) is 3.21. The Balaban J connectivity index is 1.86. The number of alkyl halides is 3. The number of carbonyl (C=O) groups is 1. The number of ether oxygens (including phenoxy) is 1. The van der Waals surface area contributed by atoms with Crippen molar-refractivity contribution >= 4 is 34.8 Å². The lowest BCUT2D eigenvalue weighted by Crippen LogP contribution is -2.14. The highest BCUT2D eigenvalue weighted by molar-refractivity contribution is 6.36. The van der Waals surface area contributed by atoms with Gasteiger partial charge in [0.1, 0.15) is 11.3 Å². The van der Waals surface area contributed by atoms with Crippen LogP contribution in [0.15, 0.2) is 60.8 Å². The highest BCUT2D eigenvalue weighted by atomic mass is 35.5. The SMILES string of the molecule is O=C(Nc1ccc(Cl)cc1Cl)c1cccnc1Oc1cccc(C(F)(F)F)c1. The fourth-order valence-corrected chi connectivity index (χ4v) is 2.73. The Morgan fingerprint density at radius 2 is 1.82 bits per heavy atom. The maximum atomic E-state index is 12.9. The normalized spacial score (nSPS) is 11.2. The topological polar surface area (TPSA) is 51.2 Å². The summed E-state index contributed by atoms with van der Waals surface area (Å²) >= 11 is 11.9. The molecule has 1 N–H and O–H groups in total. The summed E-state index contributed by atoms with van der Waals surface area (Å²) < 4.78 is 44.0. The minimum absolute atomic E-state index is 0.0194. The summed E-state index contributed by atoms with van der Waals surface area (Å²) in [6.45, 7) is 0. The molecule has 0 unspecified atom stereocenters. The standard InChI is InChI=1S/C19H11Cl2F3N2O2/c20-12-6-7-16(15(21)10-12)26-17(27)14-5-2-8-25-18(14)28-13-4-1-3-11(9-13)19(22,23)24/h1-10H,(H,26,27). The van der Waals surface area contributed by atoms with Crippen molar-refractivity contribution in [3.05, 3.63) is 82.0 Å². The van der Waals surface area contributed by atoms with E-state index in [1.807, 2.05) is 0 Å². The van der Waals surface area contributed by atoms with Crippen LogP contribution >= 0.6 is 23.2 Å². The minimum atomic E-state index is -4.52. The molecule has 3 rings (SSSR count). The molecule has 2 aromatic carbocycles. The van der Waals surface area contributed by atoms with Crippen LogP contribution < -0.4 is 10.1 Å². The molecule has 28 heavy (non-hydrogen) atoms. The van der Waals surface area contributed by atoms with Gasteiger partial charge in [0.2, 0.25) is 5.88 Å². The molecule has 0 radical (unpaired) electrons. The van der Waals surface area contributed by atoms with Crippen LogP contribution in [-0.4, -0.2) is 10.9 Å². The number of pyridine rings is 1. The Morgan fingerprint density at radius 1 is 1.04 bits per heavy atom. The maximum absolute atomic E-state index is 12.9. The minimum Gasteiger partial charge on any atom is -0.438 e. The number of nitrogens with zero attached hydrogens (tertiary/aromatic N) is 1. The van der Waals surface area contributed by atoms with Crippen LogP contribution in [0.1, 0.15) is 15.9 Å². The molecular formula is C19H11Cl2F3N2O2. The molecule has 1 amide bonds. The van der Waals surface area contributed by atoms with Gasteiger partial charge in [-0.25, -0.2) is 4.98 Å². The lowest BCUT2D eigenvalue weighted by atomic mass is 10.2. The number of amides is 1. The van der Waals surface area contributed by atoms with E-state index in [1.54, 1.807) is 6.07 Å². The Bertz CT molecular complexity index is 1030. The molecule has 0 aliphatic heterocycles. The second-order valence-corrected chi connectivity index (χ2v) is 6.41. The van der Waals surface area contributed by atoms with Crippen LogP contribution in [0.2, 0.25) is 10.0 Å². The number of anilines is 1. The maximum Gasteiger partial charge on any atom is 0.416 e. The monoisotopic (exact) mass is 426 g/mol. The van der Waals surface area contributed by atoms with Gasteiger partial charge in [-0.05, 0) is 48.5 Å². The number of aromatic nitrogens is 1. The summed E-state index contributed by atoms with van der Waals surface area (Å²) in [6.07, 6.45) is -3.16. The predicted molar refractivity (Wildman–Crippen MR) is 100 cm³/mol. The number of nitrogens with one attached hydrogen (secondary N) is 1. The van der Waals surface area contributed by atoms with Gasteiger partial charge in [0.25, 0.3) is 5.91 Å². The van der Waals surface area contributed by atoms with E-state index in [-0.39, 0.29) is 22.2 Å². The molecule has 9 heteroatoms. The number of halogens is 5. The first kappa shape index (κ1) is 20.0. The lowest BCUT2D eigenvalue weighted by molar-refractivity contribution is -0.137. The number of carbonyl (C=O) groups excluding carboxylic acids is 1. The number of rotatable bonds is 4. The van der Waals surface area contributed by atoms with E-state index in [4.69, 9.17) is 27.9 Å². The molecule has 0 atom stereocenters. The van der Waals surface area contributed by atoms with Crippen LogP contribution in [0.5, 0.6) is 11.6 Å². The predicted octanol–water partition coefficient (Wildman–Crippen LogP) is 6.45.